The van der Waals surface area contributed by atoms with Crippen LogP contribution in [0.4, 0.5) is 18.0 Å². The lowest BCUT2D eigenvalue weighted by atomic mass is 10.2. The fourth-order valence-electron chi connectivity index (χ4n) is 1.64. The van der Waals surface area contributed by atoms with Crippen molar-refractivity contribution >= 4 is 6.03 Å². The maximum atomic E-state index is 11.8. The normalized spacial score (nSPS) is 16.4. The number of hydrogen-bond donors (Lipinski definition) is 2. The van der Waals surface area contributed by atoms with Crippen molar-refractivity contribution in [2.75, 3.05) is 32.7 Å². The lowest BCUT2D eigenvalue weighted by molar-refractivity contribution is -0.135. The van der Waals surface area contributed by atoms with Gasteiger partial charge >= 0.3 is 12.2 Å². The Kier molecular flexibility index (Phi) is 5.54. The third-order valence-corrected chi connectivity index (χ3v) is 2.57. The first-order chi connectivity index (χ1) is 7.99. The molecular weight excluding hydrogens is 235 g/mol. The molecular formula is C10H18F3N3O. The number of unbranched alkanes of at least 4 members (excludes halogenated alkanes) is 1. The van der Waals surface area contributed by atoms with Crippen molar-refractivity contribution in [3.05, 3.63) is 0 Å². The summed E-state index contributed by atoms with van der Waals surface area (Å²) in [6, 6.07) is -0.0659. The summed E-state index contributed by atoms with van der Waals surface area (Å²) in [6.45, 7) is 3.16. The van der Waals surface area contributed by atoms with E-state index in [4.69, 9.17) is 0 Å². The van der Waals surface area contributed by atoms with E-state index in [9.17, 15) is 18.0 Å². The molecule has 1 fully saturated rings. The predicted molar refractivity (Wildman–Crippen MR) is 57.7 cm³/mol. The molecule has 0 spiro atoms. The summed E-state index contributed by atoms with van der Waals surface area (Å²) < 4.78 is 35.4. The van der Waals surface area contributed by atoms with Gasteiger partial charge in [0.05, 0.1) is 0 Å². The minimum atomic E-state index is -4.05. The minimum absolute atomic E-state index is 0.0659. The van der Waals surface area contributed by atoms with Crippen LogP contribution in [0, 0.1) is 0 Å². The molecule has 0 saturated carbocycles. The van der Waals surface area contributed by atoms with Gasteiger partial charge in [0, 0.05) is 32.6 Å². The van der Waals surface area contributed by atoms with Gasteiger partial charge in [0.25, 0.3) is 0 Å². The number of carbonyl (C=O) groups excluding carboxylic acids is 1. The van der Waals surface area contributed by atoms with Crippen LogP contribution in [0.3, 0.4) is 0 Å². The third-order valence-electron chi connectivity index (χ3n) is 2.57. The van der Waals surface area contributed by atoms with E-state index in [0.717, 1.165) is 0 Å². The molecule has 0 unspecified atom stereocenters. The van der Waals surface area contributed by atoms with E-state index in [1.165, 1.54) is 0 Å². The molecule has 1 saturated heterocycles. The van der Waals surface area contributed by atoms with Crippen LogP contribution >= 0.6 is 0 Å². The van der Waals surface area contributed by atoms with E-state index >= 15 is 0 Å². The van der Waals surface area contributed by atoms with Crippen molar-refractivity contribution in [3.63, 3.8) is 0 Å². The second-order valence-corrected chi connectivity index (χ2v) is 4.04. The van der Waals surface area contributed by atoms with Gasteiger partial charge in [-0.1, -0.05) is 0 Å². The van der Waals surface area contributed by atoms with Gasteiger partial charge < -0.3 is 15.5 Å². The standard InChI is InChI=1S/C10H18F3N3O/c11-10(12,13)3-1-2-4-14-5-7-16-8-6-15-9(16)17/h14H,1-8H2,(H,15,17). The Morgan fingerprint density at radius 2 is 2.06 bits per heavy atom. The number of alkyl halides is 3. The topological polar surface area (TPSA) is 44.4 Å². The van der Waals surface area contributed by atoms with Gasteiger partial charge in [-0.25, -0.2) is 4.79 Å². The summed E-state index contributed by atoms with van der Waals surface area (Å²) in [4.78, 5) is 12.8. The van der Waals surface area contributed by atoms with E-state index in [0.29, 0.717) is 39.1 Å². The van der Waals surface area contributed by atoms with Crippen molar-refractivity contribution in [1.29, 1.82) is 0 Å². The van der Waals surface area contributed by atoms with Gasteiger partial charge in [0.2, 0.25) is 0 Å². The number of carbonyl (C=O) groups is 1. The molecule has 1 heterocycles. The second-order valence-electron chi connectivity index (χ2n) is 4.04. The lowest BCUT2D eigenvalue weighted by Crippen LogP contribution is -2.34. The monoisotopic (exact) mass is 253 g/mol. The van der Waals surface area contributed by atoms with E-state index in [-0.39, 0.29) is 12.5 Å². The first-order valence-corrected chi connectivity index (χ1v) is 5.79. The quantitative estimate of drug-likeness (QED) is 0.672. The van der Waals surface area contributed by atoms with Crippen LogP contribution in [0.25, 0.3) is 0 Å². The highest BCUT2D eigenvalue weighted by atomic mass is 19.4. The number of rotatable bonds is 7. The SMILES string of the molecule is O=C1NCCN1CCNCCCCC(F)(F)F. The Morgan fingerprint density at radius 3 is 2.65 bits per heavy atom. The smallest absolute Gasteiger partial charge is 0.336 e. The first kappa shape index (κ1) is 14.1. The van der Waals surface area contributed by atoms with Crippen molar-refractivity contribution in [2.45, 2.75) is 25.4 Å². The lowest BCUT2D eigenvalue weighted by Gasteiger charge is -2.14. The highest BCUT2D eigenvalue weighted by molar-refractivity contribution is 5.76. The first-order valence-electron chi connectivity index (χ1n) is 5.79. The molecule has 17 heavy (non-hydrogen) atoms. The molecule has 1 aliphatic heterocycles. The van der Waals surface area contributed by atoms with E-state index < -0.39 is 12.6 Å². The molecule has 1 aliphatic rings. The molecule has 4 nitrogen and oxygen atoms in total. The summed E-state index contributed by atoms with van der Waals surface area (Å²) >= 11 is 0. The largest absolute Gasteiger partial charge is 0.389 e. The number of urea groups is 1. The van der Waals surface area contributed by atoms with Crippen LogP contribution in [0.15, 0.2) is 0 Å². The Balaban J connectivity index is 1.89. The van der Waals surface area contributed by atoms with Crippen molar-refractivity contribution in [1.82, 2.24) is 15.5 Å². The van der Waals surface area contributed by atoms with E-state index in [1.54, 1.807) is 4.90 Å². The molecule has 0 aromatic heterocycles. The van der Waals surface area contributed by atoms with Gasteiger partial charge in [-0.15, -0.1) is 0 Å². The molecule has 0 aromatic carbocycles. The number of nitrogens with one attached hydrogen (secondary N) is 2. The fraction of sp³-hybridized carbons (Fsp3) is 0.900. The molecule has 100 valence electrons. The molecule has 1 rings (SSSR count). The van der Waals surface area contributed by atoms with Crippen LogP contribution in [-0.4, -0.2) is 49.8 Å². The maximum absolute atomic E-state index is 11.8. The maximum Gasteiger partial charge on any atom is 0.389 e. The number of amides is 2. The Hall–Kier alpha value is -0.980. The van der Waals surface area contributed by atoms with Gasteiger partial charge in [0.15, 0.2) is 0 Å². The highest BCUT2D eigenvalue weighted by Crippen LogP contribution is 2.21. The van der Waals surface area contributed by atoms with Gasteiger partial charge in [0.1, 0.15) is 0 Å². The van der Waals surface area contributed by atoms with Crippen LogP contribution in [0.1, 0.15) is 19.3 Å². The van der Waals surface area contributed by atoms with Crippen LogP contribution in [-0.2, 0) is 0 Å². The summed E-state index contributed by atoms with van der Waals surface area (Å²) in [5.74, 6) is 0. The predicted octanol–water partition coefficient (Wildman–Crippen LogP) is 1.33. The minimum Gasteiger partial charge on any atom is -0.336 e. The van der Waals surface area contributed by atoms with Crippen molar-refractivity contribution in [3.8, 4) is 0 Å². The molecule has 0 bridgehead atoms. The zero-order valence-corrected chi connectivity index (χ0v) is 9.65. The van der Waals surface area contributed by atoms with Gasteiger partial charge in [-0.3, -0.25) is 0 Å². The number of hydrogen-bond acceptors (Lipinski definition) is 2. The summed E-state index contributed by atoms with van der Waals surface area (Å²) in [6.07, 6.45) is -4.11. The van der Waals surface area contributed by atoms with Crippen molar-refractivity contribution in [2.24, 2.45) is 0 Å². The average molecular weight is 253 g/mol. The Bertz CT molecular complexity index is 245. The molecule has 0 aromatic rings. The highest BCUT2D eigenvalue weighted by Gasteiger charge is 2.25. The van der Waals surface area contributed by atoms with Crippen LogP contribution in [0.5, 0.6) is 0 Å². The molecule has 2 amide bonds. The molecule has 0 atom stereocenters. The zero-order valence-electron chi connectivity index (χ0n) is 9.65. The number of halogens is 3. The van der Waals surface area contributed by atoms with E-state index in [2.05, 4.69) is 10.6 Å². The molecule has 0 aliphatic carbocycles. The summed E-state index contributed by atoms with van der Waals surface area (Å²) in [7, 11) is 0. The fourth-order valence-corrected chi connectivity index (χ4v) is 1.64. The van der Waals surface area contributed by atoms with Crippen LogP contribution in [0.2, 0.25) is 0 Å². The average Bonchev–Trinajstić information content (AvgIpc) is 2.61. The second kappa shape index (κ2) is 6.68. The van der Waals surface area contributed by atoms with E-state index in [1.807, 2.05) is 0 Å². The number of nitrogens with zero attached hydrogens (tertiary/aromatic N) is 1. The van der Waals surface area contributed by atoms with Gasteiger partial charge in [-0.05, 0) is 19.4 Å². The van der Waals surface area contributed by atoms with Crippen molar-refractivity contribution < 1.29 is 18.0 Å². The Morgan fingerprint density at radius 1 is 1.29 bits per heavy atom. The summed E-state index contributed by atoms with van der Waals surface area (Å²) in [5.41, 5.74) is 0. The summed E-state index contributed by atoms with van der Waals surface area (Å²) in [5, 5.41) is 5.71. The molecule has 0 radical (unpaired) electrons. The zero-order chi connectivity index (χ0) is 12.7. The Labute approximate surface area is 98.5 Å². The molecule has 7 heteroatoms. The van der Waals surface area contributed by atoms with Gasteiger partial charge in [-0.2, -0.15) is 13.2 Å². The van der Waals surface area contributed by atoms with Crippen LogP contribution < -0.4 is 10.6 Å². The third kappa shape index (κ3) is 6.35. The molecule has 2 N–H and O–H groups in total.